The van der Waals surface area contributed by atoms with Crippen LogP contribution in [0, 0.1) is 0 Å². The monoisotopic (exact) mass is 265 g/mol. The summed E-state index contributed by atoms with van der Waals surface area (Å²) in [6.07, 6.45) is 3.37. The van der Waals surface area contributed by atoms with Crippen molar-refractivity contribution in [3.63, 3.8) is 0 Å². The topological polar surface area (TPSA) is 69.6 Å². The molecule has 0 radical (unpaired) electrons. The molecule has 1 aromatic heterocycles. The molecule has 6 heteroatoms. The minimum atomic E-state index is 0.627. The summed E-state index contributed by atoms with van der Waals surface area (Å²) in [5.41, 5.74) is 7.35. The summed E-state index contributed by atoms with van der Waals surface area (Å²) in [4.78, 5) is 0. The quantitative estimate of drug-likeness (QED) is 0.667. The van der Waals surface area contributed by atoms with Crippen LogP contribution < -0.4 is 5.73 Å². The average molecular weight is 266 g/mol. The van der Waals surface area contributed by atoms with E-state index >= 15 is 0 Å². The molecule has 96 valence electrons. The van der Waals surface area contributed by atoms with Crippen molar-refractivity contribution in [3.8, 4) is 11.4 Å². The highest BCUT2D eigenvalue weighted by Gasteiger charge is 2.12. The summed E-state index contributed by atoms with van der Waals surface area (Å²) in [6, 6.07) is 5.31. The molecule has 0 bridgehead atoms. The smallest absolute Gasteiger partial charge is 0.184 e. The lowest BCUT2D eigenvalue weighted by Crippen LogP contribution is -2.04. The Morgan fingerprint density at radius 1 is 1.33 bits per heavy atom. The molecule has 2 N–H and O–H groups in total. The Balaban J connectivity index is 2.27. The fourth-order valence-electron chi connectivity index (χ4n) is 1.78. The number of rotatable bonds is 5. The molecule has 0 aliphatic heterocycles. The highest BCUT2D eigenvalue weighted by atomic mass is 35.5. The van der Waals surface area contributed by atoms with Gasteiger partial charge in [-0.3, -0.25) is 0 Å². The van der Waals surface area contributed by atoms with Crippen molar-refractivity contribution in [1.29, 1.82) is 0 Å². The van der Waals surface area contributed by atoms with E-state index in [1.165, 1.54) is 0 Å². The van der Waals surface area contributed by atoms with Crippen molar-refractivity contribution in [2.24, 2.45) is 0 Å². The number of aromatic nitrogens is 4. The summed E-state index contributed by atoms with van der Waals surface area (Å²) in [6.45, 7) is 2.96. The summed E-state index contributed by atoms with van der Waals surface area (Å²) >= 11 is 5.98. The minimum Gasteiger partial charge on any atom is -0.398 e. The van der Waals surface area contributed by atoms with Gasteiger partial charge in [-0.1, -0.05) is 31.4 Å². The van der Waals surface area contributed by atoms with Gasteiger partial charge in [0.2, 0.25) is 0 Å². The van der Waals surface area contributed by atoms with E-state index in [-0.39, 0.29) is 0 Å². The zero-order valence-electron chi connectivity index (χ0n) is 10.3. The second-order valence-corrected chi connectivity index (χ2v) is 4.60. The van der Waals surface area contributed by atoms with Gasteiger partial charge in [-0.25, -0.2) is 4.68 Å². The van der Waals surface area contributed by atoms with E-state index in [2.05, 4.69) is 22.4 Å². The Hall–Kier alpha value is -1.62. The lowest BCUT2D eigenvalue weighted by atomic mass is 10.1. The van der Waals surface area contributed by atoms with Crippen LogP contribution in [-0.4, -0.2) is 20.2 Å². The number of aryl methyl sites for hydroxylation is 1. The predicted octanol–water partition coefficient (Wildman–Crippen LogP) is 2.77. The van der Waals surface area contributed by atoms with Crippen molar-refractivity contribution in [3.05, 3.63) is 23.2 Å². The molecular weight excluding hydrogens is 250 g/mol. The number of hydrogen-bond acceptors (Lipinski definition) is 4. The molecule has 0 spiro atoms. The van der Waals surface area contributed by atoms with Crippen molar-refractivity contribution < 1.29 is 0 Å². The molecule has 0 atom stereocenters. The van der Waals surface area contributed by atoms with Gasteiger partial charge >= 0.3 is 0 Å². The molecule has 0 saturated carbocycles. The predicted molar refractivity (Wildman–Crippen MR) is 72.2 cm³/mol. The Labute approximate surface area is 111 Å². The number of tetrazole rings is 1. The number of benzene rings is 1. The lowest BCUT2D eigenvalue weighted by molar-refractivity contribution is 0.541. The van der Waals surface area contributed by atoms with Gasteiger partial charge in [0, 0.05) is 22.8 Å². The van der Waals surface area contributed by atoms with Gasteiger partial charge < -0.3 is 5.73 Å². The summed E-state index contributed by atoms with van der Waals surface area (Å²) < 4.78 is 1.78. The molecule has 1 heterocycles. The SMILES string of the molecule is CCCCCn1nnnc1-c1cc(Cl)ccc1N. The zero-order valence-corrected chi connectivity index (χ0v) is 11.1. The van der Waals surface area contributed by atoms with E-state index in [9.17, 15) is 0 Å². The zero-order chi connectivity index (χ0) is 13.0. The Morgan fingerprint density at radius 3 is 2.94 bits per heavy atom. The van der Waals surface area contributed by atoms with Crippen LogP contribution >= 0.6 is 11.6 Å². The van der Waals surface area contributed by atoms with E-state index in [1.807, 2.05) is 0 Å². The molecular formula is C12H16ClN5. The van der Waals surface area contributed by atoms with E-state index in [4.69, 9.17) is 17.3 Å². The van der Waals surface area contributed by atoms with Crippen molar-refractivity contribution in [2.45, 2.75) is 32.7 Å². The molecule has 18 heavy (non-hydrogen) atoms. The van der Waals surface area contributed by atoms with Crippen molar-refractivity contribution in [1.82, 2.24) is 20.2 Å². The van der Waals surface area contributed by atoms with Crippen LogP contribution in [0.3, 0.4) is 0 Å². The molecule has 0 saturated heterocycles. The van der Waals surface area contributed by atoms with Gasteiger partial charge in [0.15, 0.2) is 5.82 Å². The maximum absolute atomic E-state index is 5.98. The van der Waals surface area contributed by atoms with Crippen LogP contribution in [0.15, 0.2) is 18.2 Å². The molecule has 0 aliphatic carbocycles. The number of nitrogen functional groups attached to an aromatic ring is 1. The summed E-state index contributed by atoms with van der Waals surface area (Å²) in [5, 5.41) is 12.4. The van der Waals surface area contributed by atoms with Crippen molar-refractivity contribution >= 4 is 17.3 Å². The van der Waals surface area contributed by atoms with Crippen LogP contribution in [0.1, 0.15) is 26.2 Å². The first-order valence-corrected chi connectivity index (χ1v) is 6.41. The molecule has 2 aromatic rings. The molecule has 1 aromatic carbocycles. The lowest BCUT2D eigenvalue weighted by Gasteiger charge is -2.07. The van der Waals surface area contributed by atoms with E-state index < -0.39 is 0 Å². The first-order chi connectivity index (χ1) is 8.72. The highest BCUT2D eigenvalue weighted by molar-refractivity contribution is 6.31. The van der Waals surface area contributed by atoms with Gasteiger partial charge in [-0.05, 0) is 35.0 Å². The van der Waals surface area contributed by atoms with E-state index in [0.717, 1.165) is 31.4 Å². The minimum absolute atomic E-state index is 0.627. The number of hydrogen-bond donors (Lipinski definition) is 1. The fraction of sp³-hybridized carbons (Fsp3) is 0.417. The number of anilines is 1. The summed E-state index contributed by atoms with van der Waals surface area (Å²) in [7, 11) is 0. The van der Waals surface area contributed by atoms with E-state index in [1.54, 1.807) is 22.9 Å². The molecule has 2 rings (SSSR count). The van der Waals surface area contributed by atoms with Crippen molar-refractivity contribution in [2.75, 3.05) is 5.73 Å². The summed E-state index contributed by atoms with van der Waals surface area (Å²) in [5.74, 6) is 0.672. The van der Waals surface area contributed by atoms with Gasteiger partial charge in [-0.15, -0.1) is 5.10 Å². The average Bonchev–Trinajstić information content (AvgIpc) is 2.81. The number of nitrogens with two attached hydrogens (primary N) is 1. The standard InChI is InChI=1S/C12H16ClN5/c1-2-3-4-7-18-12(15-16-17-18)10-8-9(13)5-6-11(10)14/h5-6,8H,2-4,7,14H2,1H3. The van der Waals surface area contributed by atoms with Gasteiger partial charge in [0.1, 0.15) is 0 Å². The van der Waals surface area contributed by atoms with Crippen LogP contribution in [-0.2, 0) is 6.54 Å². The third-order valence-electron chi connectivity index (χ3n) is 2.76. The molecule has 0 aliphatic rings. The van der Waals surface area contributed by atoms with E-state index in [0.29, 0.717) is 16.5 Å². The largest absolute Gasteiger partial charge is 0.398 e. The second-order valence-electron chi connectivity index (χ2n) is 4.16. The van der Waals surface area contributed by atoms with Crippen LogP contribution in [0.4, 0.5) is 5.69 Å². The Kier molecular flexibility index (Phi) is 4.15. The highest BCUT2D eigenvalue weighted by Crippen LogP contribution is 2.26. The van der Waals surface area contributed by atoms with Gasteiger partial charge in [0.25, 0.3) is 0 Å². The third kappa shape index (κ3) is 2.79. The van der Waals surface area contributed by atoms with Gasteiger partial charge in [0.05, 0.1) is 0 Å². The first kappa shape index (κ1) is 12.8. The van der Waals surface area contributed by atoms with Crippen LogP contribution in [0.5, 0.6) is 0 Å². The Morgan fingerprint density at radius 2 is 2.17 bits per heavy atom. The van der Waals surface area contributed by atoms with Crippen LogP contribution in [0.2, 0.25) is 5.02 Å². The third-order valence-corrected chi connectivity index (χ3v) is 3.00. The molecule has 0 unspecified atom stereocenters. The molecule has 0 amide bonds. The first-order valence-electron chi connectivity index (χ1n) is 6.04. The van der Waals surface area contributed by atoms with Gasteiger partial charge in [-0.2, -0.15) is 0 Å². The molecule has 0 fully saturated rings. The fourth-order valence-corrected chi connectivity index (χ4v) is 1.95. The second kappa shape index (κ2) is 5.82. The number of halogens is 1. The normalized spacial score (nSPS) is 10.8. The Bertz CT molecular complexity index is 523. The molecule has 5 nitrogen and oxygen atoms in total. The maximum Gasteiger partial charge on any atom is 0.184 e. The van der Waals surface area contributed by atoms with Crippen LogP contribution in [0.25, 0.3) is 11.4 Å². The number of nitrogens with zero attached hydrogens (tertiary/aromatic N) is 4. The number of unbranched alkanes of at least 4 members (excludes halogenated alkanes) is 2. The maximum atomic E-state index is 5.98.